The van der Waals surface area contributed by atoms with E-state index in [-0.39, 0.29) is 0 Å². The molecule has 0 aliphatic rings. The smallest absolute Gasteiger partial charge is 0.151 e. The van der Waals surface area contributed by atoms with Crippen molar-refractivity contribution in [2.75, 3.05) is 5.73 Å². The number of nitrogens with zero attached hydrogens (tertiary/aromatic N) is 4. The Morgan fingerprint density at radius 1 is 1.25 bits per heavy atom. The number of hydrogen-bond donors (Lipinski definition) is 1. The molecule has 2 aromatic heterocycles. The van der Waals surface area contributed by atoms with Crippen LogP contribution >= 0.6 is 0 Å². The van der Waals surface area contributed by atoms with Gasteiger partial charge in [0.25, 0.3) is 0 Å². The van der Waals surface area contributed by atoms with E-state index in [1.807, 2.05) is 31.5 Å². The molecule has 0 amide bonds. The number of nitrogens with two attached hydrogens (primary N) is 1. The fourth-order valence-corrected chi connectivity index (χ4v) is 1.59. The molecule has 2 rings (SSSR count). The molecule has 0 aromatic carbocycles. The van der Waals surface area contributed by atoms with Crippen LogP contribution in [-0.4, -0.2) is 19.7 Å². The standard InChI is InChI=1S/C11H15N5/c1-4-16-9(5-6-13-16)10-11(12)15-8(3)7(2)14-10/h5-6H,4H2,1-3H3,(H2,12,15). The van der Waals surface area contributed by atoms with Crippen LogP contribution in [0.15, 0.2) is 12.3 Å². The van der Waals surface area contributed by atoms with E-state index in [0.717, 1.165) is 23.6 Å². The minimum absolute atomic E-state index is 0.457. The van der Waals surface area contributed by atoms with Gasteiger partial charge in [-0.2, -0.15) is 5.10 Å². The van der Waals surface area contributed by atoms with E-state index in [2.05, 4.69) is 15.1 Å². The van der Waals surface area contributed by atoms with Gasteiger partial charge >= 0.3 is 0 Å². The molecule has 0 saturated heterocycles. The van der Waals surface area contributed by atoms with E-state index in [1.54, 1.807) is 6.20 Å². The molecule has 2 N–H and O–H groups in total. The third-order valence-corrected chi connectivity index (χ3v) is 2.59. The summed E-state index contributed by atoms with van der Waals surface area (Å²) >= 11 is 0. The first kappa shape index (κ1) is 10.6. The molecule has 2 aromatic rings. The molecule has 5 nitrogen and oxygen atoms in total. The highest BCUT2D eigenvalue weighted by Crippen LogP contribution is 2.22. The Hall–Kier alpha value is -1.91. The molecule has 0 saturated carbocycles. The summed E-state index contributed by atoms with van der Waals surface area (Å²) in [5.74, 6) is 0.457. The molecule has 2 heterocycles. The maximum Gasteiger partial charge on any atom is 0.151 e. The highest BCUT2D eigenvalue weighted by Gasteiger charge is 2.12. The van der Waals surface area contributed by atoms with Gasteiger partial charge in [-0.3, -0.25) is 4.68 Å². The summed E-state index contributed by atoms with van der Waals surface area (Å²) in [7, 11) is 0. The SMILES string of the molecule is CCn1nccc1-c1nc(C)c(C)nc1N. The second kappa shape index (κ2) is 3.92. The predicted molar refractivity (Wildman–Crippen MR) is 62.8 cm³/mol. The number of aromatic nitrogens is 4. The van der Waals surface area contributed by atoms with Crippen LogP contribution in [0.2, 0.25) is 0 Å². The topological polar surface area (TPSA) is 69.6 Å². The number of nitrogen functional groups attached to an aromatic ring is 1. The second-order valence-corrected chi connectivity index (χ2v) is 3.66. The van der Waals surface area contributed by atoms with Gasteiger partial charge in [0.05, 0.1) is 17.1 Å². The molecule has 0 bridgehead atoms. The zero-order valence-corrected chi connectivity index (χ0v) is 9.73. The first-order valence-corrected chi connectivity index (χ1v) is 5.26. The molecule has 0 aliphatic carbocycles. The van der Waals surface area contributed by atoms with Crippen molar-refractivity contribution in [1.82, 2.24) is 19.7 Å². The molecule has 0 aliphatic heterocycles. The molecule has 0 unspecified atom stereocenters. The first-order valence-electron chi connectivity index (χ1n) is 5.26. The molecule has 84 valence electrons. The van der Waals surface area contributed by atoms with Crippen molar-refractivity contribution in [2.24, 2.45) is 0 Å². The maximum atomic E-state index is 5.89. The molecular formula is C11H15N5. The number of hydrogen-bond acceptors (Lipinski definition) is 4. The Labute approximate surface area is 94.3 Å². The van der Waals surface area contributed by atoms with Crippen molar-refractivity contribution in [3.63, 3.8) is 0 Å². The Balaban J connectivity index is 2.60. The number of anilines is 1. The van der Waals surface area contributed by atoms with Crippen LogP contribution in [0.25, 0.3) is 11.4 Å². The Kier molecular flexibility index (Phi) is 2.60. The van der Waals surface area contributed by atoms with Crippen LogP contribution in [0.1, 0.15) is 18.3 Å². The van der Waals surface area contributed by atoms with Crippen molar-refractivity contribution >= 4 is 5.82 Å². The summed E-state index contributed by atoms with van der Waals surface area (Å²) in [6.07, 6.45) is 1.75. The Morgan fingerprint density at radius 3 is 2.62 bits per heavy atom. The predicted octanol–water partition coefficient (Wildman–Crippen LogP) is 1.56. The lowest BCUT2D eigenvalue weighted by molar-refractivity contribution is 0.665. The minimum Gasteiger partial charge on any atom is -0.382 e. The molecular weight excluding hydrogens is 202 g/mol. The lowest BCUT2D eigenvalue weighted by Crippen LogP contribution is -2.06. The quantitative estimate of drug-likeness (QED) is 0.828. The van der Waals surface area contributed by atoms with E-state index in [1.165, 1.54) is 0 Å². The molecule has 0 atom stereocenters. The third kappa shape index (κ3) is 1.64. The number of aryl methyl sites for hydroxylation is 3. The minimum atomic E-state index is 0.457. The highest BCUT2D eigenvalue weighted by atomic mass is 15.3. The van der Waals surface area contributed by atoms with Crippen LogP contribution in [0.3, 0.4) is 0 Å². The second-order valence-electron chi connectivity index (χ2n) is 3.66. The summed E-state index contributed by atoms with van der Waals surface area (Å²) in [6, 6.07) is 1.90. The lowest BCUT2D eigenvalue weighted by atomic mass is 10.2. The van der Waals surface area contributed by atoms with Crippen LogP contribution in [-0.2, 0) is 6.54 Å². The van der Waals surface area contributed by atoms with Gasteiger partial charge in [0, 0.05) is 12.7 Å². The van der Waals surface area contributed by atoms with E-state index in [9.17, 15) is 0 Å². The molecule has 5 heteroatoms. The molecule has 0 fully saturated rings. The molecule has 0 spiro atoms. The van der Waals surface area contributed by atoms with Gasteiger partial charge in [0.15, 0.2) is 5.82 Å². The van der Waals surface area contributed by atoms with Gasteiger partial charge in [-0.15, -0.1) is 0 Å². The van der Waals surface area contributed by atoms with Crippen LogP contribution in [0, 0.1) is 13.8 Å². The lowest BCUT2D eigenvalue weighted by Gasteiger charge is -2.08. The van der Waals surface area contributed by atoms with E-state index < -0.39 is 0 Å². The zero-order valence-electron chi connectivity index (χ0n) is 9.73. The van der Waals surface area contributed by atoms with E-state index in [4.69, 9.17) is 5.73 Å². The maximum absolute atomic E-state index is 5.89. The van der Waals surface area contributed by atoms with Crippen molar-refractivity contribution in [3.05, 3.63) is 23.7 Å². The van der Waals surface area contributed by atoms with Crippen molar-refractivity contribution in [2.45, 2.75) is 27.3 Å². The van der Waals surface area contributed by atoms with Gasteiger partial charge < -0.3 is 5.73 Å². The van der Waals surface area contributed by atoms with Gasteiger partial charge in [-0.05, 0) is 26.8 Å². The summed E-state index contributed by atoms with van der Waals surface area (Å²) in [6.45, 7) is 6.65. The fraction of sp³-hybridized carbons (Fsp3) is 0.364. The normalized spacial score (nSPS) is 10.7. The average molecular weight is 217 g/mol. The van der Waals surface area contributed by atoms with Crippen LogP contribution in [0.4, 0.5) is 5.82 Å². The number of rotatable bonds is 2. The third-order valence-electron chi connectivity index (χ3n) is 2.59. The molecule has 16 heavy (non-hydrogen) atoms. The first-order chi connectivity index (χ1) is 7.63. The van der Waals surface area contributed by atoms with Crippen LogP contribution in [0.5, 0.6) is 0 Å². The summed E-state index contributed by atoms with van der Waals surface area (Å²) < 4.78 is 1.86. The fourth-order valence-electron chi connectivity index (χ4n) is 1.59. The monoisotopic (exact) mass is 217 g/mol. The van der Waals surface area contributed by atoms with Gasteiger partial charge in [-0.25, -0.2) is 9.97 Å². The highest BCUT2D eigenvalue weighted by molar-refractivity contribution is 5.66. The Bertz CT molecular complexity index is 515. The summed E-state index contributed by atoms with van der Waals surface area (Å²) in [5.41, 5.74) is 9.27. The van der Waals surface area contributed by atoms with Gasteiger partial charge in [-0.1, -0.05) is 0 Å². The summed E-state index contributed by atoms with van der Waals surface area (Å²) in [4.78, 5) is 8.75. The average Bonchev–Trinajstić information content (AvgIpc) is 2.71. The van der Waals surface area contributed by atoms with Crippen LogP contribution < -0.4 is 5.73 Å². The van der Waals surface area contributed by atoms with Gasteiger partial charge in [0.2, 0.25) is 0 Å². The van der Waals surface area contributed by atoms with Crippen molar-refractivity contribution in [3.8, 4) is 11.4 Å². The molecule has 0 radical (unpaired) electrons. The zero-order chi connectivity index (χ0) is 11.7. The summed E-state index contributed by atoms with van der Waals surface area (Å²) in [5, 5.41) is 4.20. The van der Waals surface area contributed by atoms with Crippen molar-refractivity contribution in [1.29, 1.82) is 0 Å². The van der Waals surface area contributed by atoms with Crippen molar-refractivity contribution < 1.29 is 0 Å². The van der Waals surface area contributed by atoms with Gasteiger partial charge in [0.1, 0.15) is 5.69 Å². The largest absolute Gasteiger partial charge is 0.382 e. The van der Waals surface area contributed by atoms with E-state index in [0.29, 0.717) is 11.5 Å². The Morgan fingerprint density at radius 2 is 1.94 bits per heavy atom. The van der Waals surface area contributed by atoms with E-state index >= 15 is 0 Å².